The zero-order valence-electron chi connectivity index (χ0n) is 9.92. The van der Waals surface area contributed by atoms with Crippen molar-refractivity contribution in [3.05, 3.63) is 34.7 Å². The summed E-state index contributed by atoms with van der Waals surface area (Å²) < 4.78 is 1.43. The summed E-state index contributed by atoms with van der Waals surface area (Å²) in [5.41, 5.74) is 1.83. The molecular weight excluding hydrogens is 200 g/mol. The van der Waals surface area contributed by atoms with Gasteiger partial charge in [0, 0.05) is 9.58 Å². The van der Waals surface area contributed by atoms with E-state index < -0.39 is 0 Å². The Hall–Kier alpha value is -0.820. The van der Waals surface area contributed by atoms with Crippen LogP contribution in [0.15, 0.2) is 24.3 Å². The topological polar surface area (TPSA) is 0 Å². The maximum Gasteiger partial charge on any atom is 0.0348 e. The molecule has 15 heavy (non-hydrogen) atoms. The largest absolute Gasteiger partial charge is 0.141 e. The van der Waals surface area contributed by atoms with Crippen LogP contribution in [0.1, 0.15) is 31.2 Å². The zero-order valence-corrected chi connectivity index (χ0v) is 10.7. The molecule has 0 bridgehead atoms. The van der Waals surface area contributed by atoms with Crippen LogP contribution in [0.3, 0.4) is 0 Å². The van der Waals surface area contributed by atoms with Gasteiger partial charge in [0.1, 0.15) is 0 Å². The molecule has 2 rings (SSSR count). The molecule has 2 aromatic rings. The van der Waals surface area contributed by atoms with Crippen molar-refractivity contribution in [2.75, 3.05) is 0 Å². The molecule has 0 saturated carbocycles. The fourth-order valence-electron chi connectivity index (χ4n) is 1.93. The van der Waals surface area contributed by atoms with Crippen LogP contribution in [0.2, 0.25) is 0 Å². The number of rotatable bonds is 1. The lowest BCUT2D eigenvalue weighted by Gasteiger charge is -2.17. The molecule has 0 spiro atoms. The number of benzene rings is 1. The second-order valence-electron chi connectivity index (χ2n) is 5.47. The molecule has 0 amide bonds. The third-order valence-electron chi connectivity index (χ3n) is 2.44. The Morgan fingerprint density at radius 2 is 1.87 bits per heavy atom. The molecule has 0 fully saturated rings. The molecule has 0 atom stereocenters. The summed E-state index contributed by atoms with van der Waals surface area (Å²) in [5.74, 6) is 0. The number of aryl methyl sites for hydroxylation is 1. The van der Waals surface area contributed by atoms with Gasteiger partial charge in [0.25, 0.3) is 0 Å². The van der Waals surface area contributed by atoms with Gasteiger partial charge in [-0.2, -0.15) is 0 Å². The van der Waals surface area contributed by atoms with Crippen molar-refractivity contribution >= 4 is 21.4 Å². The van der Waals surface area contributed by atoms with Crippen LogP contribution in [0.5, 0.6) is 0 Å². The summed E-state index contributed by atoms with van der Waals surface area (Å²) in [4.78, 5) is 1.40. The molecule has 1 heterocycles. The van der Waals surface area contributed by atoms with Crippen molar-refractivity contribution in [3.63, 3.8) is 0 Å². The molecule has 1 heteroatoms. The van der Waals surface area contributed by atoms with Crippen LogP contribution in [0, 0.1) is 12.3 Å². The summed E-state index contributed by atoms with van der Waals surface area (Å²) >= 11 is 1.89. The van der Waals surface area contributed by atoms with Gasteiger partial charge in [-0.25, -0.2) is 0 Å². The monoisotopic (exact) mass is 218 g/mol. The Morgan fingerprint density at radius 1 is 1.13 bits per heavy atom. The first-order chi connectivity index (χ1) is 6.94. The van der Waals surface area contributed by atoms with E-state index in [2.05, 4.69) is 52.0 Å². The Labute approximate surface area is 95.9 Å². The van der Waals surface area contributed by atoms with Gasteiger partial charge in [-0.15, -0.1) is 11.3 Å². The lowest BCUT2D eigenvalue weighted by Crippen LogP contribution is -2.08. The van der Waals surface area contributed by atoms with Gasteiger partial charge in [0.2, 0.25) is 0 Å². The van der Waals surface area contributed by atoms with E-state index in [1.54, 1.807) is 0 Å². The highest BCUT2D eigenvalue weighted by Crippen LogP contribution is 2.28. The molecule has 0 aliphatic rings. The predicted molar refractivity (Wildman–Crippen MR) is 69.7 cm³/mol. The normalized spacial score (nSPS) is 12.3. The lowest BCUT2D eigenvalue weighted by atomic mass is 9.88. The minimum atomic E-state index is 0.375. The molecule has 0 aliphatic heterocycles. The minimum Gasteiger partial charge on any atom is -0.141 e. The summed E-state index contributed by atoms with van der Waals surface area (Å²) in [6.07, 6.45) is 1.15. The lowest BCUT2D eigenvalue weighted by molar-refractivity contribution is 0.411. The Bertz CT molecular complexity index is 472. The van der Waals surface area contributed by atoms with Gasteiger partial charge >= 0.3 is 0 Å². The molecule has 0 N–H and O–H groups in total. The van der Waals surface area contributed by atoms with Gasteiger partial charge < -0.3 is 0 Å². The summed E-state index contributed by atoms with van der Waals surface area (Å²) in [5, 5.41) is 1.38. The van der Waals surface area contributed by atoms with Crippen molar-refractivity contribution < 1.29 is 0 Å². The molecule has 80 valence electrons. The first-order valence-corrected chi connectivity index (χ1v) is 6.25. The summed E-state index contributed by atoms with van der Waals surface area (Å²) in [7, 11) is 0. The van der Waals surface area contributed by atoms with E-state index in [4.69, 9.17) is 0 Å². The van der Waals surface area contributed by atoms with E-state index in [0.29, 0.717) is 5.41 Å². The van der Waals surface area contributed by atoms with Crippen molar-refractivity contribution in [2.24, 2.45) is 5.41 Å². The quantitative estimate of drug-likeness (QED) is 0.645. The van der Waals surface area contributed by atoms with Gasteiger partial charge in [0.15, 0.2) is 0 Å². The fourth-order valence-corrected chi connectivity index (χ4v) is 2.92. The van der Waals surface area contributed by atoms with Crippen LogP contribution in [0.25, 0.3) is 10.1 Å². The highest BCUT2D eigenvalue weighted by atomic mass is 32.1. The smallest absolute Gasteiger partial charge is 0.0348 e. The maximum atomic E-state index is 2.35. The Balaban J connectivity index is 2.38. The van der Waals surface area contributed by atoms with Gasteiger partial charge in [0.05, 0.1) is 0 Å². The first kappa shape index (κ1) is 10.7. The van der Waals surface area contributed by atoms with Crippen LogP contribution in [0.4, 0.5) is 0 Å². The maximum absolute atomic E-state index is 2.35. The standard InChI is InChI=1S/C14H18S/c1-10-7-12-6-5-11(8-13(12)15-10)9-14(2,3)4/h5-8H,9H2,1-4H3. The van der Waals surface area contributed by atoms with Crippen LogP contribution in [-0.4, -0.2) is 0 Å². The first-order valence-electron chi connectivity index (χ1n) is 5.43. The minimum absolute atomic E-state index is 0.375. The Morgan fingerprint density at radius 3 is 2.53 bits per heavy atom. The second kappa shape index (κ2) is 3.64. The SMILES string of the molecule is Cc1cc2ccc(CC(C)(C)C)cc2s1. The van der Waals surface area contributed by atoms with E-state index in [-0.39, 0.29) is 0 Å². The van der Waals surface area contributed by atoms with Crippen LogP contribution < -0.4 is 0 Å². The predicted octanol–water partition coefficient (Wildman–Crippen LogP) is 4.80. The Kier molecular flexibility index (Phi) is 2.59. The molecule has 1 aromatic heterocycles. The summed E-state index contributed by atoms with van der Waals surface area (Å²) in [6.45, 7) is 9.04. The zero-order chi connectivity index (χ0) is 11.1. The van der Waals surface area contributed by atoms with Crippen LogP contribution >= 0.6 is 11.3 Å². The van der Waals surface area contributed by atoms with E-state index in [9.17, 15) is 0 Å². The fraction of sp³-hybridized carbons (Fsp3) is 0.429. The number of hydrogen-bond donors (Lipinski definition) is 0. The number of hydrogen-bond acceptors (Lipinski definition) is 1. The van der Waals surface area contributed by atoms with E-state index in [1.807, 2.05) is 11.3 Å². The van der Waals surface area contributed by atoms with Gasteiger partial charge in [-0.1, -0.05) is 32.9 Å². The van der Waals surface area contributed by atoms with Crippen molar-refractivity contribution in [1.29, 1.82) is 0 Å². The molecule has 1 aromatic carbocycles. The van der Waals surface area contributed by atoms with E-state index in [1.165, 1.54) is 20.5 Å². The second-order valence-corrected chi connectivity index (χ2v) is 6.75. The highest BCUT2D eigenvalue weighted by Gasteiger charge is 2.11. The van der Waals surface area contributed by atoms with E-state index >= 15 is 0 Å². The summed E-state index contributed by atoms with van der Waals surface area (Å²) in [6, 6.07) is 9.12. The molecule has 0 radical (unpaired) electrons. The van der Waals surface area contributed by atoms with Crippen molar-refractivity contribution in [3.8, 4) is 0 Å². The van der Waals surface area contributed by atoms with Crippen molar-refractivity contribution in [2.45, 2.75) is 34.1 Å². The molecular formula is C14H18S. The third-order valence-corrected chi connectivity index (χ3v) is 3.46. The van der Waals surface area contributed by atoms with Crippen molar-refractivity contribution in [1.82, 2.24) is 0 Å². The third kappa shape index (κ3) is 2.60. The van der Waals surface area contributed by atoms with Crippen LogP contribution in [-0.2, 0) is 6.42 Å². The average Bonchev–Trinajstić information content (AvgIpc) is 2.40. The molecule has 0 unspecified atom stereocenters. The van der Waals surface area contributed by atoms with Gasteiger partial charge in [-0.05, 0) is 41.8 Å². The number of fused-ring (bicyclic) bond motifs is 1. The van der Waals surface area contributed by atoms with Gasteiger partial charge in [-0.3, -0.25) is 0 Å². The molecule has 0 nitrogen and oxygen atoms in total. The molecule has 0 saturated heterocycles. The average molecular weight is 218 g/mol. The molecule has 0 aliphatic carbocycles. The highest BCUT2D eigenvalue weighted by molar-refractivity contribution is 7.19. The number of thiophene rings is 1. The van der Waals surface area contributed by atoms with E-state index in [0.717, 1.165) is 6.42 Å².